The van der Waals surface area contributed by atoms with E-state index in [4.69, 9.17) is 21.1 Å². The van der Waals surface area contributed by atoms with Crippen molar-refractivity contribution >= 4 is 17.7 Å². The molecule has 0 unspecified atom stereocenters. The van der Waals surface area contributed by atoms with E-state index in [-0.39, 0.29) is 12.0 Å². The summed E-state index contributed by atoms with van der Waals surface area (Å²) in [6.07, 6.45) is 0.415. The summed E-state index contributed by atoms with van der Waals surface area (Å²) in [7, 11) is 1.59. The van der Waals surface area contributed by atoms with Gasteiger partial charge in [-0.3, -0.25) is 0 Å². The van der Waals surface area contributed by atoms with E-state index in [9.17, 15) is 10.1 Å². The van der Waals surface area contributed by atoms with Crippen LogP contribution in [0.2, 0.25) is 5.02 Å². The first kappa shape index (κ1) is 18.4. The average Bonchev–Trinajstić information content (AvgIpc) is 2.43. The Morgan fingerprint density at radius 1 is 1.46 bits per heavy atom. The Morgan fingerprint density at radius 3 is 2.54 bits per heavy atom. The van der Waals surface area contributed by atoms with Gasteiger partial charge in [-0.05, 0) is 38.8 Å². The summed E-state index contributed by atoms with van der Waals surface area (Å²) in [5.74, 6) is 0.721. The first-order valence-corrected chi connectivity index (χ1v) is 8.36. The van der Waals surface area contributed by atoms with Crippen molar-refractivity contribution < 1.29 is 14.3 Å². The van der Waals surface area contributed by atoms with Crippen LogP contribution in [0.5, 0.6) is 5.75 Å². The lowest BCUT2D eigenvalue weighted by Crippen LogP contribution is -2.50. The van der Waals surface area contributed by atoms with Crippen LogP contribution in [0.1, 0.15) is 50.3 Å². The Balaban J connectivity index is 2.27. The number of hydrogen-bond donors (Lipinski definition) is 0. The fourth-order valence-corrected chi connectivity index (χ4v) is 3.13. The molecule has 130 valence electrons. The van der Waals surface area contributed by atoms with E-state index < -0.39 is 5.60 Å². The second-order valence-corrected chi connectivity index (χ2v) is 7.29. The maximum absolute atomic E-state index is 12.1. The van der Waals surface area contributed by atoms with E-state index in [0.29, 0.717) is 29.4 Å². The topological polar surface area (TPSA) is 62.6 Å². The number of hydrogen-bond acceptors (Lipinski definition) is 4. The summed E-state index contributed by atoms with van der Waals surface area (Å²) in [4.78, 5) is 13.7. The molecule has 1 aliphatic heterocycles. The summed E-state index contributed by atoms with van der Waals surface area (Å²) >= 11 is 6.27. The minimum atomic E-state index is -0.525. The fraction of sp³-hybridized carbons (Fsp3) is 0.556. The summed E-state index contributed by atoms with van der Waals surface area (Å²) in [5.41, 5.74) is 1.67. The number of nitrogens with zero attached hydrogens (tertiary/aromatic N) is 2. The molecule has 1 amide bonds. The zero-order chi connectivity index (χ0) is 18.1. The van der Waals surface area contributed by atoms with Gasteiger partial charge >= 0.3 is 6.09 Å². The number of aryl methyl sites for hydroxylation is 1. The molecule has 0 N–H and O–H groups in total. The molecule has 1 heterocycles. The van der Waals surface area contributed by atoms with Gasteiger partial charge in [0.1, 0.15) is 17.4 Å². The molecule has 6 heteroatoms. The third kappa shape index (κ3) is 3.59. The Labute approximate surface area is 148 Å². The van der Waals surface area contributed by atoms with Crippen molar-refractivity contribution in [2.45, 2.75) is 45.6 Å². The second kappa shape index (κ2) is 6.90. The Kier molecular flexibility index (Phi) is 5.29. The zero-order valence-electron chi connectivity index (χ0n) is 14.8. The van der Waals surface area contributed by atoms with Crippen molar-refractivity contribution in [3.63, 3.8) is 0 Å². The van der Waals surface area contributed by atoms with Gasteiger partial charge in [-0.15, -0.1) is 0 Å². The molecule has 1 fully saturated rings. The molecule has 0 aliphatic carbocycles. The predicted octanol–water partition coefficient (Wildman–Crippen LogP) is 4.12. The number of halogens is 1. The number of benzene rings is 1. The van der Waals surface area contributed by atoms with E-state index in [1.807, 2.05) is 27.7 Å². The van der Waals surface area contributed by atoms with Crippen molar-refractivity contribution in [3.05, 3.63) is 27.8 Å². The maximum atomic E-state index is 12.1. The number of amides is 1. The van der Waals surface area contributed by atoms with Crippen LogP contribution in [0.15, 0.2) is 6.07 Å². The summed E-state index contributed by atoms with van der Waals surface area (Å²) in [6.45, 7) is 8.50. The molecule has 2 rings (SSSR count). The number of likely N-dealkylation sites (tertiary alicyclic amines) is 1. The highest BCUT2D eigenvalue weighted by Gasteiger charge is 2.38. The first-order valence-electron chi connectivity index (χ1n) is 7.99. The van der Waals surface area contributed by atoms with E-state index in [2.05, 4.69) is 6.07 Å². The molecule has 5 nitrogen and oxygen atoms in total. The molecule has 1 saturated heterocycles. The summed E-state index contributed by atoms with van der Waals surface area (Å²) < 4.78 is 10.9. The molecule has 0 saturated carbocycles. The quantitative estimate of drug-likeness (QED) is 0.822. The monoisotopic (exact) mass is 350 g/mol. The van der Waals surface area contributed by atoms with E-state index in [0.717, 1.165) is 17.5 Å². The van der Waals surface area contributed by atoms with Crippen LogP contribution in [-0.4, -0.2) is 36.8 Å². The highest BCUT2D eigenvalue weighted by molar-refractivity contribution is 6.32. The number of rotatable bonds is 3. The van der Waals surface area contributed by atoms with Gasteiger partial charge in [-0.2, -0.15) is 5.26 Å². The average molecular weight is 351 g/mol. The van der Waals surface area contributed by atoms with Gasteiger partial charge in [0, 0.05) is 24.6 Å². The molecular formula is C18H23ClN2O3. The molecule has 0 bridgehead atoms. The standard InChI is InChI=1S/C18H23ClN2O3/c1-6-11-7-14(19)13(8-20)15(16(11)23-5)12-9-21(10-12)17(22)24-18(2,3)4/h7,12H,6,9-10H2,1-5H3. The van der Waals surface area contributed by atoms with Crippen LogP contribution in [0, 0.1) is 11.3 Å². The van der Waals surface area contributed by atoms with Gasteiger partial charge in [-0.25, -0.2) is 4.79 Å². The van der Waals surface area contributed by atoms with Gasteiger partial charge < -0.3 is 14.4 Å². The number of carbonyl (C=O) groups is 1. The normalized spacial score (nSPS) is 14.8. The highest BCUT2D eigenvalue weighted by atomic mass is 35.5. The third-order valence-corrected chi connectivity index (χ3v) is 4.28. The Morgan fingerprint density at radius 2 is 2.08 bits per heavy atom. The SMILES string of the molecule is CCc1cc(Cl)c(C#N)c(C2CN(C(=O)OC(C)(C)C)C2)c1OC. The van der Waals surface area contributed by atoms with Gasteiger partial charge in [-0.1, -0.05) is 18.5 Å². The van der Waals surface area contributed by atoms with Crippen molar-refractivity contribution in [3.8, 4) is 11.8 Å². The predicted molar refractivity (Wildman–Crippen MR) is 92.6 cm³/mol. The number of carbonyl (C=O) groups excluding carboxylic acids is 1. The summed E-state index contributed by atoms with van der Waals surface area (Å²) in [5, 5.41) is 9.92. The molecule has 1 aromatic rings. The van der Waals surface area contributed by atoms with Crippen LogP contribution < -0.4 is 4.74 Å². The minimum absolute atomic E-state index is 0.0196. The van der Waals surface area contributed by atoms with Crippen molar-refractivity contribution in [1.82, 2.24) is 4.90 Å². The lowest BCUT2D eigenvalue weighted by atomic mass is 9.86. The lowest BCUT2D eigenvalue weighted by Gasteiger charge is -2.41. The first-order chi connectivity index (χ1) is 11.2. The fourth-order valence-electron chi connectivity index (χ4n) is 2.85. The maximum Gasteiger partial charge on any atom is 0.410 e. The van der Waals surface area contributed by atoms with E-state index >= 15 is 0 Å². The van der Waals surface area contributed by atoms with Crippen LogP contribution in [0.25, 0.3) is 0 Å². The number of nitriles is 1. The second-order valence-electron chi connectivity index (χ2n) is 6.89. The lowest BCUT2D eigenvalue weighted by molar-refractivity contribution is 0.00798. The summed E-state index contributed by atoms with van der Waals surface area (Å²) in [6, 6.07) is 3.96. The third-order valence-electron chi connectivity index (χ3n) is 3.98. The van der Waals surface area contributed by atoms with Crippen LogP contribution in [-0.2, 0) is 11.2 Å². The van der Waals surface area contributed by atoms with Crippen LogP contribution in [0.4, 0.5) is 4.79 Å². The smallest absolute Gasteiger partial charge is 0.410 e. The Hall–Kier alpha value is -1.93. The van der Waals surface area contributed by atoms with Gasteiger partial charge in [0.2, 0.25) is 0 Å². The van der Waals surface area contributed by atoms with Crippen LogP contribution in [0.3, 0.4) is 0 Å². The Bertz CT molecular complexity index is 683. The van der Waals surface area contributed by atoms with E-state index in [1.165, 1.54) is 0 Å². The molecule has 24 heavy (non-hydrogen) atoms. The molecular weight excluding hydrogens is 328 g/mol. The van der Waals surface area contributed by atoms with Gasteiger partial charge in [0.15, 0.2) is 0 Å². The zero-order valence-corrected chi connectivity index (χ0v) is 15.5. The molecule has 0 atom stereocenters. The molecule has 0 aromatic heterocycles. The molecule has 0 spiro atoms. The van der Waals surface area contributed by atoms with Crippen molar-refractivity contribution in [2.24, 2.45) is 0 Å². The number of methoxy groups -OCH3 is 1. The largest absolute Gasteiger partial charge is 0.496 e. The van der Waals surface area contributed by atoms with Crippen LogP contribution >= 0.6 is 11.6 Å². The molecule has 0 radical (unpaired) electrons. The molecule has 1 aromatic carbocycles. The minimum Gasteiger partial charge on any atom is -0.496 e. The number of ether oxygens (including phenoxy) is 2. The van der Waals surface area contributed by atoms with E-state index in [1.54, 1.807) is 18.1 Å². The molecule has 1 aliphatic rings. The van der Waals surface area contributed by atoms with Gasteiger partial charge in [0.25, 0.3) is 0 Å². The highest BCUT2D eigenvalue weighted by Crippen LogP contribution is 2.41. The van der Waals surface area contributed by atoms with Crippen molar-refractivity contribution in [1.29, 1.82) is 5.26 Å². The van der Waals surface area contributed by atoms with Crippen molar-refractivity contribution in [2.75, 3.05) is 20.2 Å². The van der Waals surface area contributed by atoms with Gasteiger partial charge in [0.05, 0.1) is 17.7 Å².